The monoisotopic (exact) mass is 250 g/mol. The first kappa shape index (κ1) is 12.6. The lowest BCUT2D eigenvalue weighted by Crippen LogP contribution is -2.30. The third-order valence-electron chi connectivity index (χ3n) is 3.26. The Bertz CT molecular complexity index is 450. The van der Waals surface area contributed by atoms with Gasteiger partial charge in [0.1, 0.15) is 11.5 Å². The number of methoxy groups -OCH3 is 1. The minimum Gasteiger partial charge on any atom is -0.396 e. The zero-order chi connectivity index (χ0) is 13.1. The maximum absolute atomic E-state index is 11.1. The Morgan fingerprint density at radius 2 is 2.28 bits per heavy atom. The highest BCUT2D eigenvalue weighted by Crippen LogP contribution is 2.26. The van der Waals surface area contributed by atoms with Crippen molar-refractivity contribution in [1.29, 1.82) is 0 Å². The summed E-state index contributed by atoms with van der Waals surface area (Å²) in [5.74, 6) is -0.0620. The standard InChI is InChI=1S/C12H18N4O2/c1-18-10-4-2-3-8(10)15-12-7(13)5-6-9(16-12)11(14)17/h5-6,8,10H,2-4,13H2,1H3,(H2,14,17)(H,15,16). The molecule has 1 aromatic rings. The van der Waals surface area contributed by atoms with Crippen molar-refractivity contribution in [1.82, 2.24) is 4.98 Å². The van der Waals surface area contributed by atoms with Gasteiger partial charge >= 0.3 is 0 Å². The molecule has 0 spiro atoms. The number of nitrogen functional groups attached to an aromatic ring is 1. The molecular weight excluding hydrogens is 232 g/mol. The quantitative estimate of drug-likeness (QED) is 0.731. The van der Waals surface area contributed by atoms with Gasteiger partial charge in [-0.2, -0.15) is 0 Å². The van der Waals surface area contributed by atoms with Crippen LogP contribution < -0.4 is 16.8 Å². The number of hydrogen-bond donors (Lipinski definition) is 3. The molecule has 1 aromatic heterocycles. The number of rotatable bonds is 4. The predicted octanol–water partition coefficient (Wildman–Crippen LogP) is 0.742. The maximum atomic E-state index is 11.1. The van der Waals surface area contributed by atoms with E-state index in [1.54, 1.807) is 13.2 Å². The molecule has 1 heterocycles. The van der Waals surface area contributed by atoms with Crippen LogP contribution >= 0.6 is 0 Å². The lowest BCUT2D eigenvalue weighted by atomic mass is 10.2. The number of aromatic nitrogens is 1. The molecule has 0 radical (unpaired) electrons. The molecule has 2 unspecified atom stereocenters. The molecule has 0 bridgehead atoms. The molecule has 1 aliphatic carbocycles. The van der Waals surface area contributed by atoms with Crippen molar-refractivity contribution < 1.29 is 9.53 Å². The molecule has 5 N–H and O–H groups in total. The summed E-state index contributed by atoms with van der Waals surface area (Å²) in [5.41, 5.74) is 11.7. The van der Waals surface area contributed by atoms with E-state index in [0.29, 0.717) is 11.5 Å². The van der Waals surface area contributed by atoms with Crippen LogP contribution in [0.1, 0.15) is 29.8 Å². The fraction of sp³-hybridized carbons (Fsp3) is 0.500. The van der Waals surface area contributed by atoms with Crippen LogP contribution in [0.25, 0.3) is 0 Å². The minimum atomic E-state index is -0.562. The molecule has 6 heteroatoms. The number of nitrogens with one attached hydrogen (secondary N) is 1. The van der Waals surface area contributed by atoms with E-state index in [4.69, 9.17) is 16.2 Å². The van der Waals surface area contributed by atoms with Crippen molar-refractivity contribution in [3.05, 3.63) is 17.8 Å². The van der Waals surface area contributed by atoms with Gasteiger partial charge in [0.15, 0.2) is 0 Å². The van der Waals surface area contributed by atoms with Crippen LogP contribution in [0.5, 0.6) is 0 Å². The van der Waals surface area contributed by atoms with Crippen LogP contribution in [0.3, 0.4) is 0 Å². The van der Waals surface area contributed by atoms with E-state index in [0.717, 1.165) is 19.3 Å². The molecule has 2 rings (SSSR count). The minimum absolute atomic E-state index is 0.156. The first-order valence-electron chi connectivity index (χ1n) is 5.97. The lowest BCUT2D eigenvalue weighted by molar-refractivity contribution is 0.0995. The summed E-state index contributed by atoms with van der Waals surface area (Å²) in [6.45, 7) is 0. The first-order valence-corrected chi connectivity index (χ1v) is 5.97. The molecule has 6 nitrogen and oxygen atoms in total. The number of nitrogens with two attached hydrogens (primary N) is 2. The van der Waals surface area contributed by atoms with Crippen molar-refractivity contribution in [2.75, 3.05) is 18.2 Å². The van der Waals surface area contributed by atoms with Gasteiger partial charge in [0.2, 0.25) is 0 Å². The topological polar surface area (TPSA) is 103 Å². The Kier molecular flexibility index (Phi) is 3.66. The van der Waals surface area contributed by atoms with Crippen LogP contribution in [0.15, 0.2) is 12.1 Å². The molecule has 1 saturated carbocycles. The number of nitrogens with zero attached hydrogens (tertiary/aromatic N) is 1. The number of anilines is 2. The molecule has 1 fully saturated rings. The summed E-state index contributed by atoms with van der Waals surface area (Å²) in [6.07, 6.45) is 3.28. The van der Waals surface area contributed by atoms with Crippen LogP contribution in [-0.2, 0) is 4.74 Å². The zero-order valence-corrected chi connectivity index (χ0v) is 10.3. The third-order valence-corrected chi connectivity index (χ3v) is 3.26. The molecule has 18 heavy (non-hydrogen) atoms. The number of primary amides is 1. The molecule has 98 valence electrons. The van der Waals surface area contributed by atoms with Gasteiger partial charge in [-0.3, -0.25) is 4.79 Å². The fourth-order valence-corrected chi connectivity index (χ4v) is 2.27. The largest absolute Gasteiger partial charge is 0.396 e. The normalized spacial score (nSPS) is 22.9. The van der Waals surface area contributed by atoms with Crippen molar-refractivity contribution in [2.45, 2.75) is 31.4 Å². The van der Waals surface area contributed by atoms with Crippen molar-refractivity contribution in [3.8, 4) is 0 Å². The Morgan fingerprint density at radius 1 is 1.50 bits per heavy atom. The van der Waals surface area contributed by atoms with Crippen LogP contribution in [0, 0.1) is 0 Å². The van der Waals surface area contributed by atoms with E-state index in [-0.39, 0.29) is 17.8 Å². The van der Waals surface area contributed by atoms with Crippen LogP contribution in [-0.4, -0.2) is 30.1 Å². The number of amides is 1. The van der Waals surface area contributed by atoms with Gasteiger partial charge < -0.3 is 21.5 Å². The molecular formula is C12H18N4O2. The van der Waals surface area contributed by atoms with Gasteiger partial charge in [-0.15, -0.1) is 0 Å². The first-order chi connectivity index (χ1) is 8.61. The van der Waals surface area contributed by atoms with Crippen molar-refractivity contribution in [2.24, 2.45) is 5.73 Å². The van der Waals surface area contributed by atoms with E-state index < -0.39 is 5.91 Å². The van der Waals surface area contributed by atoms with E-state index in [1.807, 2.05) is 0 Å². The Morgan fingerprint density at radius 3 is 2.94 bits per heavy atom. The summed E-state index contributed by atoms with van der Waals surface area (Å²) < 4.78 is 5.39. The lowest BCUT2D eigenvalue weighted by Gasteiger charge is -2.21. The van der Waals surface area contributed by atoms with Gasteiger partial charge in [-0.25, -0.2) is 4.98 Å². The van der Waals surface area contributed by atoms with Crippen LogP contribution in [0.4, 0.5) is 11.5 Å². The van der Waals surface area contributed by atoms with Crippen LogP contribution in [0.2, 0.25) is 0 Å². The van der Waals surface area contributed by atoms with Gasteiger partial charge in [0.25, 0.3) is 5.91 Å². The Hall–Kier alpha value is -1.82. The highest BCUT2D eigenvalue weighted by Gasteiger charge is 2.27. The zero-order valence-electron chi connectivity index (χ0n) is 10.3. The average Bonchev–Trinajstić information content (AvgIpc) is 2.79. The molecule has 0 aliphatic heterocycles. The van der Waals surface area contributed by atoms with E-state index in [9.17, 15) is 4.79 Å². The second kappa shape index (κ2) is 5.22. The molecule has 1 amide bonds. The number of carbonyl (C=O) groups is 1. The van der Waals surface area contributed by atoms with E-state index >= 15 is 0 Å². The summed E-state index contributed by atoms with van der Waals surface area (Å²) in [4.78, 5) is 15.2. The molecule has 0 aromatic carbocycles. The van der Waals surface area contributed by atoms with Gasteiger partial charge in [0.05, 0.1) is 17.8 Å². The molecule has 1 aliphatic rings. The second-order valence-electron chi connectivity index (χ2n) is 4.45. The van der Waals surface area contributed by atoms with Gasteiger partial charge in [0, 0.05) is 7.11 Å². The Balaban J connectivity index is 2.17. The number of carbonyl (C=O) groups excluding carboxylic acids is 1. The molecule has 0 saturated heterocycles. The van der Waals surface area contributed by atoms with E-state index in [1.165, 1.54) is 6.07 Å². The van der Waals surface area contributed by atoms with Crippen molar-refractivity contribution in [3.63, 3.8) is 0 Å². The summed E-state index contributed by atoms with van der Waals surface area (Å²) >= 11 is 0. The van der Waals surface area contributed by atoms with Gasteiger partial charge in [-0.1, -0.05) is 0 Å². The maximum Gasteiger partial charge on any atom is 0.267 e. The third kappa shape index (κ3) is 2.53. The Labute approximate surface area is 106 Å². The highest BCUT2D eigenvalue weighted by molar-refractivity contribution is 5.91. The summed E-state index contributed by atoms with van der Waals surface area (Å²) in [6, 6.07) is 3.32. The molecule has 2 atom stereocenters. The summed E-state index contributed by atoms with van der Waals surface area (Å²) in [7, 11) is 1.70. The fourth-order valence-electron chi connectivity index (χ4n) is 2.27. The van der Waals surface area contributed by atoms with Crippen molar-refractivity contribution >= 4 is 17.4 Å². The number of pyridine rings is 1. The highest BCUT2D eigenvalue weighted by atomic mass is 16.5. The SMILES string of the molecule is COC1CCCC1Nc1nc(C(N)=O)ccc1N. The average molecular weight is 250 g/mol. The van der Waals surface area contributed by atoms with Gasteiger partial charge in [-0.05, 0) is 31.4 Å². The number of hydrogen-bond acceptors (Lipinski definition) is 5. The van der Waals surface area contributed by atoms with E-state index in [2.05, 4.69) is 10.3 Å². The predicted molar refractivity (Wildman–Crippen MR) is 69.2 cm³/mol. The number of ether oxygens (including phenoxy) is 1. The smallest absolute Gasteiger partial charge is 0.267 e. The second-order valence-corrected chi connectivity index (χ2v) is 4.45. The summed E-state index contributed by atoms with van der Waals surface area (Å²) in [5, 5.41) is 3.24.